The van der Waals surface area contributed by atoms with Crippen LogP contribution in [0.4, 0.5) is 24.0 Å². The average molecular weight is 2210 g/mol. The van der Waals surface area contributed by atoms with Gasteiger partial charge in [0.2, 0.25) is 12.3 Å². The molecule has 66 heteroatoms. The van der Waals surface area contributed by atoms with Crippen LogP contribution in [0.15, 0.2) is 134 Å². The third-order valence-electron chi connectivity index (χ3n) is 21.4. The molecule has 6 aromatic rings. The van der Waals surface area contributed by atoms with Crippen molar-refractivity contribution in [3.8, 4) is 0 Å². The number of hydrogen-bond acceptors (Lipinski definition) is 35. The Kier molecular flexibility index (Phi) is 51.0. The van der Waals surface area contributed by atoms with Crippen molar-refractivity contribution in [1.29, 1.82) is 0 Å². The minimum atomic E-state index is -4.81. The molecule has 10 bridgehead atoms. The summed E-state index contributed by atoms with van der Waals surface area (Å²) in [5.74, 6) is -2.17. The molecule has 0 saturated carbocycles. The van der Waals surface area contributed by atoms with Gasteiger partial charge in [0, 0.05) is 113 Å². The molecule has 5 unspecified atom stereocenters. The topological polar surface area (TPSA) is 717 Å². The van der Waals surface area contributed by atoms with E-state index in [9.17, 15) is 90.3 Å². The Morgan fingerprint density at radius 3 is 1.12 bits per heavy atom. The van der Waals surface area contributed by atoms with Gasteiger partial charge in [-0.2, -0.15) is 68.6 Å². The van der Waals surface area contributed by atoms with Crippen LogP contribution in [0.2, 0.25) is 31.6 Å². The Labute approximate surface area is 890 Å². The number of nitrogens with zero attached hydrogens (tertiary/aromatic N) is 20. The van der Waals surface area contributed by atoms with Crippen molar-refractivity contribution in [3.05, 3.63) is 167 Å². The number of carboxylic acids is 1. The van der Waals surface area contributed by atoms with Gasteiger partial charge in [-0.1, -0.05) is 48.8 Å². The molecule has 0 aromatic carbocycles. The van der Waals surface area contributed by atoms with Crippen LogP contribution in [0.3, 0.4) is 0 Å². The summed E-state index contributed by atoms with van der Waals surface area (Å²) in [6, 6.07) is -3.34. The van der Waals surface area contributed by atoms with Gasteiger partial charge < -0.3 is 91.6 Å². The van der Waals surface area contributed by atoms with Gasteiger partial charge in [-0.05, 0) is 91.6 Å². The van der Waals surface area contributed by atoms with E-state index in [-0.39, 0.29) is 121 Å². The molecule has 57 nitrogen and oxygen atoms in total. The van der Waals surface area contributed by atoms with E-state index in [0.29, 0.717) is 204 Å². The predicted molar refractivity (Wildman–Crippen MR) is 535 cm³/mol. The van der Waals surface area contributed by atoms with Crippen molar-refractivity contribution in [2.24, 2.45) is 11.5 Å². The quantitative estimate of drug-likeness (QED) is 0.00170. The second-order valence-corrected chi connectivity index (χ2v) is 34.7. The summed E-state index contributed by atoms with van der Waals surface area (Å²) in [6.45, 7) is 15.3. The van der Waals surface area contributed by atoms with Gasteiger partial charge in [-0.3, -0.25) is 53.6 Å². The van der Waals surface area contributed by atoms with Crippen molar-refractivity contribution in [3.63, 3.8) is 0 Å². The molecule has 15 N–H and O–H groups in total. The van der Waals surface area contributed by atoms with E-state index in [4.69, 9.17) is 40.3 Å². The normalized spacial score (nSPS) is 17.5. The number of carboxylic acid groups (broad SMARTS) is 1. The second kappa shape index (κ2) is 62.9. The SMILES string of the molecule is C=CCON1C(=O)N2CC(I)=CC1C2.C=CCON1C(=O)N2CC(n3cc(C(=O)NCCC[B]C=O)cn3)=CC1C2.NCCC[B]C=O.NCCNC(=O)c1cnn(C2=CC3CN(C2)C(=O)N3OS(=O)(=O)O)c1.O=C(O)c1cn[nH]c1.O=C[B]CCCNC(=O)c1cn[nH]c1.O=C[B]CCCNC(=O)c1cnn(C2=CC3CN(C2)C(=O)N3O)c1.O=C[B]CCCNC(=O)c1cnn(C2=CC3CN(C2)C(=O)N3OSOOO)c1.[Na+]. The Balaban J connectivity index is 0.000000213. The molecule has 5 radical (unpaired) electrons. The molecule has 10 aliphatic heterocycles. The van der Waals surface area contributed by atoms with E-state index in [1.165, 1.54) is 118 Å². The number of amides is 15. The summed E-state index contributed by atoms with van der Waals surface area (Å²) in [5.41, 5.74) is 15.5. The van der Waals surface area contributed by atoms with E-state index >= 15 is 0 Å². The summed E-state index contributed by atoms with van der Waals surface area (Å²) in [4.78, 5) is 198. The fourth-order valence-corrected chi connectivity index (χ4v) is 16.0. The number of rotatable bonds is 48. The van der Waals surface area contributed by atoms with Crippen LogP contribution in [0.5, 0.6) is 0 Å². The van der Waals surface area contributed by atoms with Gasteiger partial charge in [0.15, 0.2) is 36.4 Å². The number of carbonyl (C=O) groups excluding carboxylic acids is 15. The zero-order valence-electron chi connectivity index (χ0n) is 79.9. The van der Waals surface area contributed by atoms with Crippen LogP contribution in [0.1, 0.15) is 94.3 Å². The maximum Gasteiger partial charge on any atom is 1.00 e. The molecule has 5 atom stereocenters. The van der Waals surface area contributed by atoms with Crippen molar-refractivity contribution in [1.82, 2.24) is 136 Å². The number of aromatic carboxylic acids is 1. The summed E-state index contributed by atoms with van der Waals surface area (Å²) >= 11 is 2.55. The van der Waals surface area contributed by atoms with E-state index in [1.54, 1.807) is 80.3 Å². The molecular formula is C82H106B5IN29NaO28S2+. The number of urea groups is 5. The number of fused-ring (bicyclic) bond motifs is 10. The summed E-state index contributed by atoms with van der Waals surface area (Å²) < 4.78 is 51.3. The van der Waals surface area contributed by atoms with E-state index < -0.39 is 40.5 Å². The Morgan fingerprint density at radius 1 is 0.459 bits per heavy atom. The smallest absolute Gasteiger partial charge is 0.478 e. The van der Waals surface area contributed by atoms with Crippen molar-refractivity contribution in [2.45, 2.75) is 93.9 Å². The number of aromatic amines is 2. The van der Waals surface area contributed by atoms with Crippen LogP contribution < -0.4 is 67.6 Å². The zero-order valence-corrected chi connectivity index (χ0v) is 85.7. The third kappa shape index (κ3) is 36.7. The van der Waals surface area contributed by atoms with Crippen LogP contribution in [-0.4, -0.2) is 426 Å². The van der Waals surface area contributed by atoms with Gasteiger partial charge in [0.1, 0.15) is 12.1 Å². The number of carbonyl (C=O) groups is 16. The molecule has 5 fully saturated rings. The van der Waals surface area contributed by atoms with Gasteiger partial charge in [0.25, 0.3) is 29.5 Å². The molecule has 5 saturated heterocycles. The molecule has 0 aliphatic carbocycles. The van der Waals surface area contributed by atoms with Crippen molar-refractivity contribution >= 4 is 201 Å². The first-order valence-corrected chi connectivity index (χ1v) is 48.4. The van der Waals surface area contributed by atoms with E-state index in [1.807, 2.05) is 6.08 Å². The minimum absolute atomic E-state index is 0. The molecule has 6 aromatic heterocycles. The van der Waals surface area contributed by atoms with Crippen LogP contribution >= 0.6 is 34.9 Å². The van der Waals surface area contributed by atoms with E-state index in [2.05, 4.69) is 123 Å². The molecule has 148 heavy (non-hydrogen) atoms. The van der Waals surface area contributed by atoms with Gasteiger partial charge >= 0.3 is 76.1 Å². The number of aromatic nitrogens is 12. The molecule has 781 valence electrons. The van der Waals surface area contributed by atoms with Crippen molar-refractivity contribution in [2.75, 3.05) is 124 Å². The standard InChI is InChI=1S/C17H21BN5O4.C14H17BN5O7S.C14H17BN5O4.C12H16N6O6S.C9H11IN2O2.C8H11BN3O2.C4H9BNO.C4H4N2O2.Na/c1-2-6-27-23-15-7-14(10-21(11-15)17(23)26)22-9-13(8-20-22)16(25)19-5-3-4-18-12-24;21-9-15-2-1-3-16-13(22)10-5-17-19(6-10)11-4-12-8-18(7-11)14(23)20(12)25-28-27-26-24;21-9-15-2-1-3-16-13(22)10-5-17-19(6-10)11-4-12-8-18(7-11)14(23)20(12)24;13-1-2-14-11(19)8-4-15-17(5-8)9-3-10-7-16(6-9)12(20)18(10)24-25(21,22)23;1-2-3-14-12-8-4-7(10)5-11(6-8)9(12)13;13-6-9-2-1-3-10-8(14)7-4-11-12-5-7;6-3-1-2-5-4-7;7-4(8)3-1-5-6-2-3;/h2,7-9,12,15H,1,3-6,10-11H2,(H,19,25);4-6,9,12,24H,1-3,7-8H2,(H,16,22);4-6,9,12,24H,1-3,7-8H2,(H,16,22);3-5,10H,1-2,6-7,13H2,(H,14,19)(H,21,22,23);2,4,8H,1,3,5-6H2;4-6H,1-3H2,(H,10,14)(H,11,12);4H,1-3,6H2;1-2H,(H,5,6)(H,7,8);/q;;;;;;;;+1. The van der Waals surface area contributed by atoms with Crippen LogP contribution in [0, 0.1) is 0 Å². The number of halogens is 1. The summed E-state index contributed by atoms with van der Waals surface area (Å²) in [5, 5.41) is 76.9. The molecular weight excluding hydrogens is 2110 g/mol. The summed E-state index contributed by atoms with van der Waals surface area (Å²) in [6.07, 6.45) is 40.9. The first-order valence-electron chi connectivity index (χ1n) is 45.3. The Morgan fingerprint density at radius 2 is 0.784 bits per heavy atom. The summed E-state index contributed by atoms with van der Waals surface area (Å²) in [7, 11) is 2.82. The number of nitrogens with one attached hydrogen (secondary N) is 7. The van der Waals surface area contributed by atoms with Crippen LogP contribution in [-0.2, 0) is 62.0 Å². The van der Waals surface area contributed by atoms with Crippen molar-refractivity contribution < 1.29 is 162 Å². The molecule has 16 rings (SSSR count). The molecule has 15 amide bonds. The Hall–Kier alpha value is -13.1. The minimum Gasteiger partial charge on any atom is -0.478 e. The van der Waals surface area contributed by atoms with Gasteiger partial charge in [-0.25, -0.2) is 52.8 Å². The average Bonchev–Trinajstić information content (AvgIpc) is 1.63. The number of hydroxylamine groups is 10. The number of nitrogens with two attached hydrogens (primary N) is 2. The monoisotopic (exact) mass is 2210 g/mol. The maximum absolute atomic E-state index is 12.3. The first kappa shape index (κ1) is 120. The number of H-pyrrole nitrogens is 2. The maximum atomic E-state index is 12.3. The molecule has 16 heterocycles. The second-order valence-electron chi connectivity index (χ2n) is 31.9. The van der Waals surface area contributed by atoms with E-state index in [0.717, 1.165) is 73.1 Å². The Bertz CT molecular complexity index is 5790. The first-order chi connectivity index (χ1) is 70.9. The third-order valence-corrected chi connectivity index (χ3v) is 22.8. The molecule has 10 aliphatic rings. The molecule has 0 spiro atoms. The van der Waals surface area contributed by atoms with Gasteiger partial charge in [0.05, 0.1) is 188 Å². The largest absolute Gasteiger partial charge is 1.00 e. The fraction of sp³-hybridized carbons (Fsp3) is 0.415. The fourth-order valence-electron chi connectivity index (χ4n) is 14.5. The van der Waals surface area contributed by atoms with Gasteiger partial charge in [-0.15, -0.1) is 21.8 Å². The predicted octanol–water partition coefficient (Wildman–Crippen LogP) is -3.34. The van der Waals surface area contributed by atoms with Crippen LogP contribution in [0.25, 0.3) is 22.8 Å². The number of hydrogen-bond donors (Lipinski definition) is 13. The zero-order chi connectivity index (χ0) is 106.